The molecule has 0 spiro atoms. The zero-order chi connectivity index (χ0) is 24.6. The van der Waals surface area contributed by atoms with E-state index in [1.807, 2.05) is 42.5 Å². The summed E-state index contributed by atoms with van der Waals surface area (Å²) in [5.41, 5.74) is 2.56. The average Bonchev–Trinajstić information content (AvgIpc) is 3.11. The minimum Gasteiger partial charge on any atom is -0.507 e. The second kappa shape index (κ2) is 7.60. The first-order valence-electron chi connectivity index (χ1n) is 12.1. The van der Waals surface area contributed by atoms with Gasteiger partial charge in [0, 0.05) is 40.1 Å². The number of Topliss-reactive ketones (excluding diaryl/α,β-unsaturated/α-hetero) is 1. The van der Waals surface area contributed by atoms with Gasteiger partial charge in [0.15, 0.2) is 11.6 Å². The quantitative estimate of drug-likeness (QED) is 0.410. The number of nitrogens with zero attached hydrogens (tertiary/aromatic N) is 1. The Morgan fingerprint density at radius 2 is 1.77 bits per heavy atom. The average molecular weight is 468 g/mol. The van der Waals surface area contributed by atoms with Crippen molar-refractivity contribution in [1.82, 2.24) is 4.90 Å². The predicted octanol–water partition coefficient (Wildman–Crippen LogP) is 3.99. The molecule has 1 heterocycles. The number of ketones is 2. The van der Waals surface area contributed by atoms with Gasteiger partial charge in [-0.1, -0.05) is 48.0 Å². The molecule has 0 aromatic heterocycles. The van der Waals surface area contributed by atoms with Crippen molar-refractivity contribution in [1.29, 1.82) is 0 Å². The molecule has 0 radical (unpaired) electrons. The number of rotatable bonds is 2. The molecule has 0 saturated carbocycles. The van der Waals surface area contributed by atoms with Gasteiger partial charge in [-0.3, -0.25) is 24.1 Å². The van der Waals surface area contributed by atoms with Crippen LogP contribution in [-0.4, -0.2) is 39.9 Å². The second-order valence-electron chi connectivity index (χ2n) is 9.87. The van der Waals surface area contributed by atoms with Crippen LogP contribution in [0.4, 0.5) is 0 Å². The summed E-state index contributed by atoms with van der Waals surface area (Å²) in [5, 5.41) is 12.9. The van der Waals surface area contributed by atoms with Gasteiger partial charge in [-0.15, -0.1) is 0 Å². The van der Waals surface area contributed by atoms with Gasteiger partial charge in [0.05, 0.1) is 11.8 Å². The molecule has 1 saturated heterocycles. The largest absolute Gasteiger partial charge is 0.507 e. The monoisotopic (exact) mass is 467 g/mol. The summed E-state index contributed by atoms with van der Waals surface area (Å²) in [4.78, 5) is 54.2. The van der Waals surface area contributed by atoms with Crippen molar-refractivity contribution in [3.8, 4) is 5.75 Å². The lowest BCUT2D eigenvalue weighted by Gasteiger charge is -2.42. The SMILES string of the molecule is CCN1C(=O)C2CC=C3C(c4ccc5ccccc5c4O)C4=C(CC3C2C1=O)C(=O)C(C)=CC4=O. The molecule has 4 aliphatic rings. The Morgan fingerprint density at radius 3 is 2.54 bits per heavy atom. The van der Waals surface area contributed by atoms with Crippen LogP contribution in [0.3, 0.4) is 0 Å². The molecule has 4 unspecified atom stereocenters. The fourth-order valence-electron chi connectivity index (χ4n) is 6.62. The maximum atomic E-state index is 13.3. The van der Waals surface area contributed by atoms with Crippen LogP contribution in [0.15, 0.2) is 70.8 Å². The fraction of sp³-hybridized carbons (Fsp3) is 0.310. The lowest BCUT2D eigenvalue weighted by Crippen LogP contribution is -2.39. The first kappa shape index (κ1) is 21.7. The van der Waals surface area contributed by atoms with Crippen LogP contribution in [0, 0.1) is 17.8 Å². The number of carbonyl (C=O) groups is 4. The number of carbonyl (C=O) groups excluding carboxylic acids is 4. The van der Waals surface area contributed by atoms with E-state index in [9.17, 15) is 24.3 Å². The maximum Gasteiger partial charge on any atom is 0.233 e. The second-order valence-corrected chi connectivity index (χ2v) is 9.87. The third-order valence-corrected chi connectivity index (χ3v) is 8.21. The molecule has 1 N–H and O–H groups in total. The van der Waals surface area contributed by atoms with Crippen LogP contribution in [0.5, 0.6) is 5.75 Å². The van der Waals surface area contributed by atoms with Crippen LogP contribution in [0.2, 0.25) is 0 Å². The normalized spacial score (nSPS) is 28.1. The highest BCUT2D eigenvalue weighted by molar-refractivity contribution is 6.24. The predicted molar refractivity (Wildman–Crippen MR) is 129 cm³/mol. The highest BCUT2D eigenvalue weighted by Gasteiger charge is 2.56. The lowest BCUT2D eigenvalue weighted by atomic mass is 9.59. The van der Waals surface area contributed by atoms with Crippen molar-refractivity contribution in [2.75, 3.05) is 6.54 Å². The number of allylic oxidation sites excluding steroid dienone is 6. The Hall–Kier alpha value is -3.80. The molecular weight excluding hydrogens is 442 g/mol. The Bertz CT molecular complexity index is 1460. The van der Waals surface area contributed by atoms with E-state index in [1.54, 1.807) is 13.8 Å². The first-order valence-corrected chi connectivity index (χ1v) is 12.1. The molecule has 2 amide bonds. The van der Waals surface area contributed by atoms with Gasteiger partial charge in [0.25, 0.3) is 0 Å². The summed E-state index contributed by atoms with van der Waals surface area (Å²) in [7, 11) is 0. The summed E-state index contributed by atoms with van der Waals surface area (Å²) in [5.74, 6) is -2.76. The zero-order valence-corrected chi connectivity index (χ0v) is 19.6. The van der Waals surface area contributed by atoms with Crippen molar-refractivity contribution in [2.24, 2.45) is 17.8 Å². The molecule has 6 nitrogen and oxygen atoms in total. The molecule has 1 fully saturated rings. The van der Waals surface area contributed by atoms with Crippen molar-refractivity contribution in [3.63, 3.8) is 0 Å². The van der Waals surface area contributed by atoms with E-state index in [-0.39, 0.29) is 41.5 Å². The molecule has 176 valence electrons. The third kappa shape index (κ3) is 2.89. The summed E-state index contributed by atoms with van der Waals surface area (Å²) in [6.45, 7) is 3.73. The maximum absolute atomic E-state index is 13.3. The van der Waals surface area contributed by atoms with E-state index in [0.29, 0.717) is 40.6 Å². The highest BCUT2D eigenvalue weighted by atomic mass is 16.3. The summed E-state index contributed by atoms with van der Waals surface area (Å²) in [6, 6.07) is 11.2. The number of phenols is 1. The summed E-state index contributed by atoms with van der Waals surface area (Å²) >= 11 is 0. The standard InChI is InChI=1S/C29H25NO5/c1-3-30-28(34)19-11-10-17-20(24(19)29(30)35)13-21-25(22(31)12-14(2)26(21)32)23(17)18-9-8-15-6-4-5-7-16(15)27(18)33/h4-10,12,19-20,23-24,33H,3,11,13H2,1-2H3. The number of amides is 2. The van der Waals surface area contributed by atoms with E-state index < -0.39 is 17.8 Å². The summed E-state index contributed by atoms with van der Waals surface area (Å²) in [6.07, 6.45) is 4.01. The number of imide groups is 1. The van der Waals surface area contributed by atoms with Gasteiger partial charge < -0.3 is 5.11 Å². The number of fused-ring (bicyclic) bond motifs is 4. The molecular formula is C29H25NO5. The molecule has 35 heavy (non-hydrogen) atoms. The molecule has 2 aromatic carbocycles. The van der Waals surface area contributed by atoms with Crippen LogP contribution in [0.25, 0.3) is 10.8 Å². The van der Waals surface area contributed by atoms with E-state index in [2.05, 4.69) is 0 Å². The molecule has 3 aliphatic carbocycles. The molecule has 2 aromatic rings. The van der Waals surface area contributed by atoms with Gasteiger partial charge in [0.1, 0.15) is 5.75 Å². The zero-order valence-electron chi connectivity index (χ0n) is 19.6. The fourth-order valence-corrected chi connectivity index (χ4v) is 6.62. The minimum absolute atomic E-state index is 0.0687. The van der Waals surface area contributed by atoms with Crippen molar-refractivity contribution < 1.29 is 24.3 Å². The Labute approximate surface area is 202 Å². The molecule has 0 bridgehead atoms. The smallest absolute Gasteiger partial charge is 0.233 e. The lowest BCUT2D eigenvalue weighted by molar-refractivity contribution is -0.139. The highest BCUT2D eigenvalue weighted by Crippen LogP contribution is 2.56. The van der Waals surface area contributed by atoms with Crippen molar-refractivity contribution in [3.05, 3.63) is 76.4 Å². The van der Waals surface area contributed by atoms with Crippen LogP contribution in [0.1, 0.15) is 38.2 Å². The molecule has 6 heteroatoms. The van der Waals surface area contributed by atoms with Gasteiger partial charge >= 0.3 is 0 Å². The Morgan fingerprint density at radius 1 is 1.00 bits per heavy atom. The van der Waals surface area contributed by atoms with Gasteiger partial charge in [0.2, 0.25) is 11.8 Å². The van der Waals surface area contributed by atoms with E-state index in [0.717, 1.165) is 11.0 Å². The number of likely N-dealkylation sites (tertiary alicyclic amines) is 1. The van der Waals surface area contributed by atoms with Crippen LogP contribution < -0.4 is 0 Å². The number of benzene rings is 2. The van der Waals surface area contributed by atoms with Crippen molar-refractivity contribution in [2.45, 2.75) is 32.6 Å². The van der Waals surface area contributed by atoms with Gasteiger partial charge in [-0.2, -0.15) is 0 Å². The van der Waals surface area contributed by atoms with E-state index >= 15 is 0 Å². The Kier molecular flexibility index (Phi) is 4.72. The topological polar surface area (TPSA) is 91.8 Å². The molecule has 6 rings (SSSR count). The Balaban J connectivity index is 1.59. The van der Waals surface area contributed by atoms with Crippen LogP contribution >= 0.6 is 0 Å². The van der Waals surface area contributed by atoms with E-state index in [4.69, 9.17) is 0 Å². The van der Waals surface area contributed by atoms with Gasteiger partial charge in [-0.25, -0.2) is 0 Å². The molecule has 4 atom stereocenters. The van der Waals surface area contributed by atoms with E-state index in [1.165, 1.54) is 11.0 Å². The number of aromatic hydroxyl groups is 1. The van der Waals surface area contributed by atoms with Gasteiger partial charge in [-0.05, 0) is 44.1 Å². The summed E-state index contributed by atoms with van der Waals surface area (Å²) < 4.78 is 0. The number of phenolic OH excluding ortho intramolecular Hbond substituents is 1. The first-order chi connectivity index (χ1) is 16.8. The van der Waals surface area contributed by atoms with Crippen LogP contribution in [-0.2, 0) is 19.2 Å². The minimum atomic E-state index is -0.645. The number of hydrogen-bond donors (Lipinski definition) is 1. The number of hydrogen-bond acceptors (Lipinski definition) is 5. The third-order valence-electron chi connectivity index (χ3n) is 8.21. The van der Waals surface area contributed by atoms with Crippen molar-refractivity contribution >= 4 is 34.2 Å². The molecule has 1 aliphatic heterocycles.